The molecule has 3 amide bonds. The summed E-state index contributed by atoms with van der Waals surface area (Å²) in [5.74, 6) is -1.50. The lowest BCUT2D eigenvalue weighted by Gasteiger charge is -2.22. The fourth-order valence-electron chi connectivity index (χ4n) is 2.97. The average molecular weight is 413 g/mol. The van der Waals surface area contributed by atoms with Crippen molar-refractivity contribution in [3.05, 3.63) is 65.5 Å². The van der Waals surface area contributed by atoms with Crippen LogP contribution >= 0.6 is 0 Å². The van der Waals surface area contributed by atoms with E-state index in [1.165, 1.54) is 24.3 Å². The second-order valence-electron chi connectivity index (χ2n) is 7.25. The molecule has 0 spiro atoms. The van der Waals surface area contributed by atoms with Gasteiger partial charge in [-0.2, -0.15) is 0 Å². The van der Waals surface area contributed by atoms with Gasteiger partial charge in [0.05, 0.1) is 0 Å². The minimum Gasteiger partial charge on any atom is -0.340 e. The Morgan fingerprint density at radius 2 is 1.43 bits per heavy atom. The Balaban J connectivity index is 2.06. The van der Waals surface area contributed by atoms with E-state index >= 15 is 0 Å². The molecule has 0 saturated heterocycles. The first-order chi connectivity index (χ1) is 14.3. The highest BCUT2D eigenvalue weighted by Crippen LogP contribution is 2.14. The first-order valence-corrected chi connectivity index (χ1v) is 10.0. The molecule has 0 heterocycles. The van der Waals surface area contributed by atoms with E-state index in [4.69, 9.17) is 0 Å². The molecule has 0 radical (unpaired) electrons. The SMILES string of the molecule is CCN(CC)C(=O)c1ccc(NC(=O)[C@@H](NC(=O)c2ccc(F)cc2)C(C)C)cc1. The molecular weight excluding hydrogens is 385 g/mol. The monoisotopic (exact) mass is 413 g/mol. The fourth-order valence-corrected chi connectivity index (χ4v) is 2.97. The quantitative estimate of drug-likeness (QED) is 0.693. The van der Waals surface area contributed by atoms with Crippen molar-refractivity contribution in [1.82, 2.24) is 10.2 Å². The van der Waals surface area contributed by atoms with Crippen molar-refractivity contribution in [3.63, 3.8) is 0 Å². The maximum absolute atomic E-state index is 13.1. The number of amides is 3. The molecule has 7 heteroatoms. The van der Waals surface area contributed by atoms with Gasteiger partial charge < -0.3 is 15.5 Å². The van der Waals surface area contributed by atoms with E-state index in [0.29, 0.717) is 24.3 Å². The van der Waals surface area contributed by atoms with Crippen molar-refractivity contribution in [2.45, 2.75) is 33.7 Å². The van der Waals surface area contributed by atoms with Crippen molar-refractivity contribution in [2.75, 3.05) is 18.4 Å². The first kappa shape index (κ1) is 23.1. The second kappa shape index (κ2) is 10.5. The van der Waals surface area contributed by atoms with E-state index in [9.17, 15) is 18.8 Å². The van der Waals surface area contributed by atoms with Gasteiger partial charge in [0.2, 0.25) is 5.91 Å². The van der Waals surface area contributed by atoms with Crippen LogP contribution in [0.5, 0.6) is 0 Å². The van der Waals surface area contributed by atoms with E-state index in [1.54, 1.807) is 29.2 Å². The number of hydrogen-bond donors (Lipinski definition) is 2. The van der Waals surface area contributed by atoms with Crippen LogP contribution in [0.2, 0.25) is 0 Å². The van der Waals surface area contributed by atoms with Crippen LogP contribution in [0.1, 0.15) is 48.4 Å². The largest absolute Gasteiger partial charge is 0.340 e. The molecule has 0 unspecified atom stereocenters. The summed E-state index contributed by atoms with van der Waals surface area (Å²) in [6.45, 7) is 8.72. The summed E-state index contributed by atoms with van der Waals surface area (Å²) in [6, 6.07) is 11.0. The number of carbonyl (C=O) groups is 3. The smallest absolute Gasteiger partial charge is 0.253 e. The van der Waals surface area contributed by atoms with Crippen LogP contribution in [0, 0.1) is 11.7 Å². The molecule has 1 atom stereocenters. The average Bonchev–Trinajstić information content (AvgIpc) is 2.73. The molecule has 0 bridgehead atoms. The van der Waals surface area contributed by atoms with Crippen LogP contribution in [-0.2, 0) is 4.79 Å². The number of halogens is 1. The topological polar surface area (TPSA) is 78.5 Å². The van der Waals surface area contributed by atoms with Gasteiger partial charge in [-0.05, 0) is 68.3 Å². The standard InChI is InChI=1S/C23H28FN3O3/c1-5-27(6-2)23(30)17-9-13-19(14-10-17)25-22(29)20(15(3)4)26-21(28)16-7-11-18(24)12-8-16/h7-15,20H,5-6H2,1-4H3,(H,25,29)(H,26,28)/t20-/m0/s1. The molecule has 2 rings (SSSR count). The van der Waals surface area contributed by atoms with Crippen LogP contribution in [0.15, 0.2) is 48.5 Å². The number of carbonyl (C=O) groups excluding carboxylic acids is 3. The number of rotatable bonds is 8. The number of benzene rings is 2. The van der Waals surface area contributed by atoms with Gasteiger partial charge in [0.1, 0.15) is 11.9 Å². The van der Waals surface area contributed by atoms with Crippen molar-refractivity contribution in [3.8, 4) is 0 Å². The first-order valence-electron chi connectivity index (χ1n) is 10.0. The predicted octanol–water partition coefficient (Wildman–Crippen LogP) is 3.70. The number of nitrogens with zero attached hydrogens (tertiary/aromatic N) is 1. The summed E-state index contributed by atoms with van der Waals surface area (Å²) in [4.78, 5) is 39.2. The number of nitrogens with one attached hydrogen (secondary N) is 2. The van der Waals surface area contributed by atoms with Crippen molar-refractivity contribution < 1.29 is 18.8 Å². The zero-order valence-electron chi connectivity index (χ0n) is 17.7. The van der Waals surface area contributed by atoms with Crippen LogP contribution in [0.4, 0.5) is 10.1 Å². The lowest BCUT2D eigenvalue weighted by molar-refractivity contribution is -0.118. The van der Waals surface area contributed by atoms with E-state index in [2.05, 4.69) is 10.6 Å². The molecule has 0 aromatic heterocycles. The molecule has 2 N–H and O–H groups in total. The third-order valence-electron chi connectivity index (χ3n) is 4.79. The van der Waals surface area contributed by atoms with Gasteiger partial charge in [0.15, 0.2) is 0 Å². The molecule has 0 saturated carbocycles. The molecule has 0 fully saturated rings. The Morgan fingerprint density at radius 3 is 1.93 bits per heavy atom. The summed E-state index contributed by atoms with van der Waals surface area (Å²) in [5, 5.41) is 5.47. The van der Waals surface area contributed by atoms with Crippen LogP contribution < -0.4 is 10.6 Å². The Labute approximate surface area is 176 Å². The maximum Gasteiger partial charge on any atom is 0.253 e. The van der Waals surface area contributed by atoms with E-state index in [0.717, 1.165) is 0 Å². The Morgan fingerprint density at radius 1 is 0.900 bits per heavy atom. The summed E-state index contributed by atoms with van der Waals surface area (Å²) in [7, 11) is 0. The molecule has 30 heavy (non-hydrogen) atoms. The molecular formula is C23H28FN3O3. The zero-order chi connectivity index (χ0) is 22.3. The molecule has 6 nitrogen and oxygen atoms in total. The maximum atomic E-state index is 13.1. The van der Waals surface area contributed by atoms with Gasteiger partial charge in [-0.3, -0.25) is 14.4 Å². The van der Waals surface area contributed by atoms with Crippen LogP contribution in [-0.4, -0.2) is 41.8 Å². The van der Waals surface area contributed by atoms with Crippen LogP contribution in [0.3, 0.4) is 0 Å². The molecule has 0 aliphatic rings. The summed E-state index contributed by atoms with van der Waals surface area (Å²) in [6.07, 6.45) is 0. The summed E-state index contributed by atoms with van der Waals surface area (Å²) >= 11 is 0. The number of hydrogen-bond acceptors (Lipinski definition) is 3. The van der Waals surface area contributed by atoms with Gasteiger partial charge in [-0.1, -0.05) is 13.8 Å². The lowest BCUT2D eigenvalue weighted by Crippen LogP contribution is -2.47. The fraction of sp³-hybridized carbons (Fsp3) is 0.348. The van der Waals surface area contributed by atoms with Crippen LogP contribution in [0.25, 0.3) is 0 Å². The highest BCUT2D eigenvalue weighted by molar-refractivity contribution is 6.01. The minimum absolute atomic E-state index is 0.0653. The Hall–Kier alpha value is -3.22. The lowest BCUT2D eigenvalue weighted by atomic mass is 10.0. The van der Waals surface area contributed by atoms with E-state index in [-0.39, 0.29) is 23.3 Å². The number of anilines is 1. The molecule has 2 aromatic carbocycles. The van der Waals surface area contributed by atoms with Gasteiger partial charge >= 0.3 is 0 Å². The zero-order valence-corrected chi connectivity index (χ0v) is 17.7. The molecule has 0 aliphatic heterocycles. The Bertz CT molecular complexity index is 876. The van der Waals surface area contributed by atoms with E-state index in [1.807, 2.05) is 27.7 Å². The molecule has 2 aromatic rings. The molecule has 0 aliphatic carbocycles. The highest BCUT2D eigenvalue weighted by atomic mass is 19.1. The summed E-state index contributed by atoms with van der Waals surface area (Å²) in [5.41, 5.74) is 1.34. The van der Waals surface area contributed by atoms with Crippen molar-refractivity contribution >= 4 is 23.4 Å². The normalized spacial score (nSPS) is 11.7. The van der Waals surface area contributed by atoms with Gasteiger partial charge in [0, 0.05) is 29.9 Å². The van der Waals surface area contributed by atoms with Gasteiger partial charge in [-0.15, -0.1) is 0 Å². The Kier molecular flexibility index (Phi) is 8.09. The van der Waals surface area contributed by atoms with Gasteiger partial charge in [-0.25, -0.2) is 4.39 Å². The predicted molar refractivity (Wildman–Crippen MR) is 115 cm³/mol. The minimum atomic E-state index is -0.778. The van der Waals surface area contributed by atoms with Crippen molar-refractivity contribution in [1.29, 1.82) is 0 Å². The van der Waals surface area contributed by atoms with Gasteiger partial charge in [0.25, 0.3) is 11.8 Å². The van der Waals surface area contributed by atoms with E-state index < -0.39 is 17.8 Å². The second-order valence-corrected chi connectivity index (χ2v) is 7.25. The summed E-state index contributed by atoms with van der Waals surface area (Å²) < 4.78 is 13.1. The van der Waals surface area contributed by atoms with Crippen molar-refractivity contribution in [2.24, 2.45) is 5.92 Å². The molecule has 160 valence electrons. The highest BCUT2D eigenvalue weighted by Gasteiger charge is 2.25. The third kappa shape index (κ3) is 5.89. The third-order valence-corrected chi connectivity index (χ3v) is 4.79.